The molecule has 0 unspecified atom stereocenters. The first-order valence-electron chi connectivity index (χ1n) is 7.30. The SMILES string of the molecule is O=[N+]([O-])c1cc(Cl)c(N=Nc2ccc(N(CCO)[I-]CO)cc2Cl)c(Br)c1. The number of nitro groups is 1. The van der Waals surface area contributed by atoms with E-state index < -0.39 is 26.4 Å². The van der Waals surface area contributed by atoms with E-state index in [2.05, 4.69) is 26.2 Å². The number of benzene rings is 2. The van der Waals surface area contributed by atoms with Crippen molar-refractivity contribution in [3.63, 3.8) is 0 Å². The minimum absolute atomic E-state index is 0.0362. The number of azo groups is 1. The van der Waals surface area contributed by atoms with Crippen LogP contribution in [0, 0.1) is 10.1 Å². The van der Waals surface area contributed by atoms with Crippen molar-refractivity contribution >= 4 is 61.9 Å². The molecule has 0 saturated carbocycles. The second-order valence-electron chi connectivity index (χ2n) is 4.90. The topological polar surface area (TPSA) is 112 Å². The van der Waals surface area contributed by atoms with Gasteiger partial charge in [0.15, 0.2) is 0 Å². The molecule has 2 aromatic rings. The van der Waals surface area contributed by atoms with E-state index in [-0.39, 0.29) is 27.6 Å². The molecule has 146 valence electrons. The molecule has 0 heterocycles. The van der Waals surface area contributed by atoms with Crippen LogP contribution in [-0.4, -0.2) is 32.9 Å². The van der Waals surface area contributed by atoms with E-state index in [1.165, 1.54) is 12.1 Å². The summed E-state index contributed by atoms with van der Waals surface area (Å²) >= 11 is 14.8. The average Bonchev–Trinajstić information content (AvgIpc) is 2.61. The van der Waals surface area contributed by atoms with Gasteiger partial charge in [-0.05, 0) is 0 Å². The van der Waals surface area contributed by atoms with Crippen LogP contribution >= 0.6 is 39.1 Å². The average molecular weight is 591 g/mol. The predicted octanol–water partition coefficient (Wildman–Crippen LogP) is 1.83. The van der Waals surface area contributed by atoms with E-state index in [0.29, 0.717) is 21.7 Å². The summed E-state index contributed by atoms with van der Waals surface area (Å²) in [5.41, 5.74) is 1.23. The molecule has 0 radical (unpaired) electrons. The monoisotopic (exact) mass is 589 g/mol. The number of hydrogen-bond acceptors (Lipinski definition) is 7. The van der Waals surface area contributed by atoms with E-state index in [9.17, 15) is 10.1 Å². The number of non-ortho nitro benzene ring substituents is 1. The summed E-state index contributed by atoms with van der Waals surface area (Å²) in [6.07, 6.45) is 0. The van der Waals surface area contributed by atoms with Crippen LogP contribution in [0.4, 0.5) is 22.7 Å². The number of rotatable bonds is 8. The van der Waals surface area contributed by atoms with Gasteiger partial charge in [0.05, 0.1) is 0 Å². The van der Waals surface area contributed by atoms with Gasteiger partial charge < -0.3 is 0 Å². The number of aliphatic hydroxyl groups excluding tert-OH is 2. The van der Waals surface area contributed by atoms with Gasteiger partial charge in [0, 0.05) is 0 Å². The molecule has 0 fully saturated rings. The van der Waals surface area contributed by atoms with Gasteiger partial charge in [-0.1, -0.05) is 0 Å². The Morgan fingerprint density at radius 1 is 1.19 bits per heavy atom. The molecule has 0 spiro atoms. The Labute approximate surface area is 183 Å². The molecule has 27 heavy (non-hydrogen) atoms. The normalized spacial score (nSPS) is 11.3. The van der Waals surface area contributed by atoms with Gasteiger partial charge in [-0.3, -0.25) is 10.1 Å². The van der Waals surface area contributed by atoms with E-state index in [4.69, 9.17) is 33.4 Å². The molecule has 0 aliphatic heterocycles. The standard InChI is InChI=1S/C15H13BrCl2IN4O4/c16-11-5-10(23(26)27)7-13(18)15(11)21-20-14-2-1-9(6-12(14)17)22(3-4-24)19-8-25/h1-2,5-7,24-25H,3-4,8H2/q-1. The molecule has 0 bridgehead atoms. The number of nitrogens with zero attached hydrogens (tertiary/aromatic N) is 4. The Balaban J connectivity index is 2.29. The van der Waals surface area contributed by atoms with Gasteiger partial charge in [-0.2, -0.15) is 0 Å². The van der Waals surface area contributed by atoms with Gasteiger partial charge in [-0.15, -0.1) is 0 Å². The van der Waals surface area contributed by atoms with Crippen LogP contribution in [0.3, 0.4) is 0 Å². The first-order valence-corrected chi connectivity index (χ1v) is 11.3. The van der Waals surface area contributed by atoms with E-state index in [0.717, 1.165) is 5.69 Å². The van der Waals surface area contributed by atoms with Crippen molar-refractivity contribution in [3.05, 3.63) is 55.0 Å². The van der Waals surface area contributed by atoms with Crippen LogP contribution in [0.25, 0.3) is 0 Å². The number of hydrogen-bond donors (Lipinski definition) is 2. The number of alkyl halides is 1. The summed E-state index contributed by atoms with van der Waals surface area (Å²) in [5.74, 6) is 0. The Hall–Kier alpha value is -1.05. The first-order chi connectivity index (χ1) is 12.9. The summed E-state index contributed by atoms with van der Waals surface area (Å²) in [5, 5.41) is 37.6. The number of aliphatic hydroxyl groups is 2. The van der Waals surface area contributed by atoms with Gasteiger partial charge in [0.2, 0.25) is 0 Å². The summed E-state index contributed by atoms with van der Waals surface area (Å²) in [6, 6.07) is 7.57. The summed E-state index contributed by atoms with van der Waals surface area (Å²) in [7, 11) is 0. The number of nitro benzene ring substituents is 1. The third-order valence-corrected chi connectivity index (χ3v) is 6.54. The Morgan fingerprint density at radius 3 is 2.48 bits per heavy atom. The van der Waals surface area contributed by atoms with Crippen molar-refractivity contribution in [1.82, 2.24) is 0 Å². The summed E-state index contributed by atoms with van der Waals surface area (Å²) < 4.78 is 2.26. The zero-order valence-corrected chi connectivity index (χ0v) is 18.8. The summed E-state index contributed by atoms with van der Waals surface area (Å²) in [6.45, 7) is 0.363. The predicted molar refractivity (Wildman–Crippen MR) is 103 cm³/mol. The number of anilines is 1. The second-order valence-corrected chi connectivity index (χ2v) is 9.10. The molecule has 0 amide bonds. The van der Waals surface area contributed by atoms with Crippen LogP contribution in [0.1, 0.15) is 0 Å². The Bertz CT molecular complexity index is 843. The molecular formula is C15H13BrCl2IN4O4-. The quantitative estimate of drug-likeness (QED) is 0.122. The van der Waals surface area contributed by atoms with Crippen LogP contribution in [-0.2, 0) is 0 Å². The molecular weight excluding hydrogens is 578 g/mol. The van der Waals surface area contributed by atoms with Crippen LogP contribution in [0.2, 0.25) is 10.0 Å². The molecule has 2 aromatic carbocycles. The maximum absolute atomic E-state index is 10.8. The minimum atomic E-state index is -0.671. The first kappa shape index (κ1) is 22.2. The molecule has 0 saturated heterocycles. The Morgan fingerprint density at radius 2 is 1.93 bits per heavy atom. The zero-order chi connectivity index (χ0) is 20.0. The third kappa shape index (κ3) is 5.96. The van der Waals surface area contributed by atoms with Crippen molar-refractivity contribution in [2.45, 2.75) is 0 Å². The molecule has 0 atom stereocenters. The second kappa shape index (κ2) is 10.5. The fourth-order valence-corrected chi connectivity index (χ4v) is 4.72. The maximum atomic E-state index is 10.8. The Kier molecular flexibility index (Phi) is 8.63. The van der Waals surface area contributed by atoms with Crippen molar-refractivity contribution in [1.29, 1.82) is 0 Å². The van der Waals surface area contributed by atoms with E-state index in [1.807, 2.05) is 3.11 Å². The molecule has 0 aliphatic carbocycles. The summed E-state index contributed by atoms with van der Waals surface area (Å²) in [4.78, 5) is 10.3. The van der Waals surface area contributed by atoms with Crippen molar-refractivity contribution < 1.29 is 36.6 Å². The molecule has 2 rings (SSSR count). The van der Waals surface area contributed by atoms with Crippen molar-refractivity contribution in [3.8, 4) is 0 Å². The van der Waals surface area contributed by atoms with Crippen LogP contribution in [0.15, 0.2) is 45.0 Å². The van der Waals surface area contributed by atoms with Crippen molar-refractivity contribution in [2.75, 3.05) is 20.9 Å². The van der Waals surface area contributed by atoms with Gasteiger partial charge in [-0.25, -0.2) is 0 Å². The van der Waals surface area contributed by atoms with Crippen LogP contribution in [0.5, 0.6) is 0 Å². The van der Waals surface area contributed by atoms with Crippen molar-refractivity contribution in [2.24, 2.45) is 10.2 Å². The molecule has 8 nitrogen and oxygen atoms in total. The van der Waals surface area contributed by atoms with Gasteiger partial charge in [0.1, 0.15) is 0 Å². The third-order valence-electron chi connectivity index (χ3n) is 3.18. The van der Waals surface area contributed by atoms with Gasteiger partial charge >= 0.3 is 174 Å². The van der Waals surface area contributed by atoms with E-state index >= 15 is 0 Å². The van der Waals surface area contributed by atoms with E-state index in [1.54, 1.807) is 18.2 Å². The molecule has 0 aliphatic rings. The van der Waals surface area contributed by atoms with Crippen LogP contribution < -0.4 is 24.6 Å². The zero-order valence-electron chi connectivity index (χ0n) is 13.5. The fourth-order valence-electron chi connectivity index (χ4n) is 1.99. The fraction of sp³-hybridized carbons (Fsp3) is 0.200. The number of halogens is 4. The molecule has 2 N–H and O–H groups in total. The molecule has 12 heteroatoms. The van der Waals surface area contributed by atoms with Gasteiger partial charge in [0.25, 0.3) is 0 Å². The molecule has 0 aromatic heterocycles.